The summed E-state index contributed by atoms with van der Waals surface area (Å²) in [6.45, 7) is 3.90. The summed E-state index contributed by atoms with van der Waals surface area (Å²) >= 11 is 1.23. The number of ether oxygens (including phenoxy) is 1. The molecule has 0 aliphatic carbocycles. The largest absolute Gasteiger partial charge is 0.483 e. The van der Waals surface area contributed by atoms with Crippen molar-refractivity contribution in [3.05, 3.63) is 65.7 Å². The van der Waals surface area contributed by atoms with Gasteiger partial charge in [0.2, 0.25) is 5.91 Å². The number of thioether (sulfide) groups is 1. The predicted octanol–water partition coefficient (Wildman–Crippen LogP) is 4.13. The van der Waals surface area contributed by atoms with Crippen molar-refractivity contribution in [2.24, 2.45) is 7.05 Å². The monoisotopic (exact) mass is 400 g/mol. The third-order valence-electron chi connectivity index (χ3n) is 4.01. The van der Waals surface area contributed by atoms with Crippen molar-refractivity contribution < 1.29 is 13.9 Å². The Kier molecular flexibility index (Phi) is 6.30. The van der Waals surface area contributed by atoms with Gasteiger partial charge in [-0.15, -0.1) is 10.2 Å². The highest BCUT2D eigenvalue weighted by atomic mass is 32.2. The van der Waals surface area contributed by atoms with Crippen LogP contribution in [-0.2, 0) is 11.8 Å². The lowest BCUT2D eigenvalue weighted by atomic mass is 10.2. The van der Waals surface area contributed by atoms with Crippen LogP contribution in [0.1, 0.15) is 24.4 Å². The molecular formula is C20H21FN4O2S. The Hall–Kier alpha value is -2.87. The van der Waals surface area contributed by atoms with E-state index in [4.69, 9.17) is 4.74 Å². The zero-order chi connectivity index (χ0) is 20.1. The van der Waals surface area contributed by atoms with Crippen LogP contribution >= 0.6 is 11.8 Å². The Bertz CT molecular complexity index is 976. The SMILES string of the molecule is Cc1cccc(OC(C)c2nnc(SCC(=O)Nc3ccccc3F)n2C)c1. The molecule has 1 aromatic heterocycles. The molecule has 1 heterocycles. The summed E-state index contributed by atoms with van der Waals surface area (Å²) in [4.78, 5) is 12.1. The standard InChI is InChI=1S/C20H21FN4O2S/c1-13-7-6-8-15(11-13)27-14(2)19-23-24-20(25(19)3)28-12-18(26)22-17-10-5-4-9-16(17)21/h4-11,14H,12H2,1-3H3,(H,22,26). The van der Waals surface area contributed by atoms with E-state index in [1.54, 1.807) is 16.7 Å². The molecule has 3 aromatic rings. The summed E-state index contributed by atoms with van der Waals surface area (Å²) in [7, 11) is 1.82. The summed E-state index contributed by atoms with van der Waals surface area (Å²) in [5.74, 6) is 0.716. The molecule has 2 aromatic carbocycles. The molecule has 0 radical (unpaired) electrons. The van der Waals surface area contributed by atoms with Gasteiger partial charge < -0.3 is 14.6 Å². The topological polar surface area (TPSA) is 69.0 Å². The third kappa shape index (κ3) is 4.89. The highest BCUT2D eigenvalue weighted by Gasteiger charge is 2.18. The minimum atomic E-state index is -0.469. The molecule has 1 atom stereocenters. The van der Waals surface area contributed by atoms with Crippen LogP contribution in [0.2, 0.25) is 0 Å². The maximum Gasteiger partial charge on any atom is 0.234 e. The summed E-state index contributed by atoms with van der Waals surface area (Å²) in [6, 6.07) is 13.8. The molecule has 1 N–H and O–H groups in total. The minimum Gasteiger partial charge on any atom is -0.483 e. The molecule has 0 saturated carbocycles. The van der Waals surface area contributed by atoms with Gasteiger partial charge in [0.15, 0.2) is 17.1 Å². The van der Waals surface area contributed by atoms with Crippen LogP contribution in [0.3, 0.4) is 0 Å². The van der Waals surface area contributed by atoms with Gasteiger partial charge in [0.1, 0.15) is 11.6 Å². The zero-order valence-electron chi connectivity index (χ0n) is 15.8. The Labute approximate surface area is 167 Å². The number of halogens is 1. The van der Waals surface area contributed by atoms with Gasteiger partial charge in [-0.1, -0.05) is 36.0 Å². The maximum atomic E-state index is 13.6. The Balaban J connectivity index is 1.59. The molecular weight excluding hydrogens is 379 g/mol. The number of carbonyl (C=O) groups excluding carboxylic acids is 1. The lowest BCUT2D eigenvalue weighted by molar-refractivity contribution is -0.113. The smallest absolute Gasteiger partial charge is 0.234 e. The molecule has 8 heteroatoms. The number of anilines is 1. The number of nitrogens with zero attached hydrogens (tertiary/aromatic N) is 3. The molecule has 0 aliphatic heterocycles. The number of hydrogen-bond acceptors (Lipinski definition) is 5. The number of para-hydroxylation sites is 1. The van der Waals surface area contributed by atoms with Crippen LogP contribution in [0.5, 0.6) is 5.75 Å². The number of amides is 1. The highest BCUT2D eigenvalue weighted by Crippen LogP contribution is 2.24. The molecule has 6 nitrogen and oxygen atoms in total. The van der Waals surface area contributed by atoms with Gasteiger partial charge in [-0.05, 0) is 43.7 Å². The Morgan fingerprint density at radius 2 is 2.04 bits per heavy atom. The second kappa shape index (κ2) is 8.88. The second-order valence-corrected chi connectivity index (χ2v) is 7.24. The van der Waals surface area contributed by atoms with E-state index in [0.29, 0.717) is 11.0 Å². The average molecular weight is 400 g/mol. The quantitative estimate of drug-likeness (QED) is 0.604. The van der Waals surface area contributed by atoms with Gasteiger partial charge in [-0.2, -0.15) is 0 Å². The highest BCUT2D eigenvalue weighted by molar-refractivity contribution is 7.99. The molecule has 0 fully saturated rings. The normalized spacial score (nSPS) is 11.9. The van der Waals surface area contributed by atoms with E-state index in [1.807, 2.05) is 45.2 Å². The van der Waals surface area contributed by atoms with Crippen molar-refractivity contribution in [1.82, 2.24) is 14.8 Å². The van der Waals surface area contributed by atoms with Gasteiger partial charge in [0, 0.05) is 7.05 Å². The molecule has 0 aliphatic rings. The molecule has 146 valence electrons. The van der Waals surface area contributed by atoms with Gasteiger partial charge in [-0.3, -0.25) is 4.79 Å². The van der Waals surface area contributed by atoms with Crippen molar-refractivity contribution in [2.75, 3.05) is 11.1 Å². The van der Waals surface area contributed by atoms with Crippen molar-refractivity contribution in [3.63, 3.8) is 0 Å². The predicted molar refractivity (Wildman–Crippen MR) is 107 cm³/mol. The number of aryl methyl sites for hydroxylation is 1. The first-order chi connectivity index (χ1) is 13.4. The van der Waals surface area contributed by atoms with Crippen LogP contribution in [0.25, 0.3) is 0 Å². The average Bonchev–Trinajstić information content (AvgIpc) is 3.02. The third-order valence-corrected chi connectivity index (χ3v) is 5.04. The number of aromatic nitrogens is 3. The van der Waals surface area contributed by atoms with Crippen molar-refractivity contribution in [1.29, 1.82) is 0 Å². The number of benzene rings is 2. The van der Waals surface area contributed by atoms with Crippen molar-refractivity contribution in [3.8, 4) is 5.75 Å². The van der Waals surface area contributed by atoms with E-state index in [-0.39, 0.29) is 23.5 Å². The summed E-state index contributed by atoms with van der Waals surface area (Å²) < 4.78 is 21.3. The number of nitrogens with one attached hydrogen (secondary N) is 1. The molecule has 0 saturated heterocycles. The van der Waals surface area contributed by atoms with E-state index in [9.17, 15) is 9.18 Å². The molecule has 28 heavy (non-hydrogen) atoms. The summed E-state index contributed by atoms with van der Waals surface area (Å²) in [5, 5.41) is 11.5. The van der Waals surface area contributed by atoms with Crippen LogP contribution in [0.15, 0.2) is 53.7 Å². The molecule has 3 rings (SSSR count). The zero-order valence-corrected chi connectivity index (χ0v) is 16.7. The maximum absolute atomic E-state index is 13.6. The van der Waals surface area contributed by atoms with Crippen LogP contribution in [0, 0.1) is 12.7 Å². The molecule has 1 unspecified atom stereocenters. The fourth-order valence-electron chi connectivity index (χ4n) is 2.63. The lowest BCUT2D eigenvalue weighted by Crippen LogP contribution is -2.15. The number of hydrogen-bond donors (Lipinski definition) is 1. The first kappa shape index (κ1) is 19.9. The number of rotatable bonds is 7. The molecule has 1 amide bonds. The molecule has 0 bridgehead atoms. The van der Waals surface area contributed by atoms with E-state index in [0.717, 1.165) is 11.3 Å². The van der Waals surface area contributed by atoms with Crippen LogP contribution in [0.4, 0.5) is 10.1 Å². The Morgan fingerprint density at radius 3 is 2.79 bits per heavy atom. The van der Waals surface area contributed by atoms with E-state index in [2.05, 4.69) is 15.5 Å². The van der Waals surface area contributed by atoms with Gasteiger partial charge in [0.05, 0.1) is 11.4 Å². The van der Waals surface area contributed by atoms with Crippen LogP contribution < -0.4 is 10.1 Å². The van der Waals surface area contributed by atoms with Gasteiger partial charge in [-0.25, -0.2) is 4.39 Å². The fraction of sp³-hybridized carbons (Fsp3) is 0.250. The fourth-order valence-corrected chi connectivity index (χ4v) is 3.35. The lowest BCUT2D eigenvalue weighted by Gasteiger charge is -2.14. The number of carbonyl (C=O) groups is 1. The summed E-state index contributed by atoms with van der Waals surface area (Å²) in [5.41, 5.74) is 1.27. The van der Waals surface area contributed by atoms with Gasteiger partial charge in [0.25, 0.3) is 0 Å². The Morgan fingerprint density at radius 1 is 1.25 bits per heavy atom. The van der Waals surface area contributed by atoms with E-state index >= 15 is 0 Å². The minimum absolute atomic E-state index is 0.0907. The second-order valence-electron chi connectivity index (χ2n) is 6.29. The summed E-state index contributed by atoms with van der Waals surface area (Å²) in [6.07, 6.45) is -0.305. The molecule has 0 spiro atoms. The first-order valence-corrected chi connectivity index (χ1v) is 9.72. The van der Waals surface area contributed by atoms with E-state index < -0.39 is 5.82 Å². The first-order valence-electron chi connectivity index (χ1n) is 8.74. The van der Waals surface area contributed by atoms with Crippen molar-refractivity contribution >= 4 is 23.4 Å². The van der Waals surface area contributed by atoms with Crippen molar-refractivity contribution in [2.45, 2.75) is 25.1 Å². The van der Waals surface area contributed by atoms with Crippen LogP contribution in [-0.4, -0.2) is 26.4 Å². The van der Waals surface area contributed by atoms with E-state index in [1.165, 1.54) is 23.9 Å². The van der Waals surface area contributed by atoms with Gasteiger partial charge >= 0.3 is 0 Å².